The van der Waals surface area contributed by atoms with Crippen LogP contribution in [0.4, 0.5) is 0 Å². The standard InChI is InChI=1S/C10H14.C2H6.CH4/c1-3-5-10-7-4-6-9(2)8-10;1-2;/h4,6-8H,3,5H2,1-2H3;1-2H3;1H4. The number of benzene rings is 1. The van der Waals surface area contributed by atoms with E-state index in [0.29, 0.717) is 0 Å². The summed E-state index contributed by atoms with van der Waals surface area (Å²) in [4.78, 5) is 0. The number of rotatable bonds is 2. The minimum absolute atomic E-state index is 0. The fourth-order valence-corrected chi connectivity index (χ4v) is 1.16. The molecule has 1 rings (SSSR count). The molecule has 0 amide bonds. The first-order chi connectivity index (χ1) is 5.83. The maximum atomic E-state index is 2.25. The zero-order chi connectivity index (χ0) is 9.40. The molecule has 0 unspecified atom stereocenters. The first-order valence-electron chi connectivity index (χ1n) is 4.88. The number of hydrogen-bond acceptors (Lipinski definition) is 0. The van der Waals surface area contributed by atoms with Crippen molar-refractivity contribution in [3.05, 3.63) is 35.4 Å². The summed E-state index contributed by atoms with van der Waals surface area (Å²) >= 11 is 0. The van der Waals surface area contributed by atoms with E-state index in [4.69, 9.17) is 0 Å². The van der Waals surface area contributed by atoms with Crippen LogP contribution >= 0.6 is 0 Å². The largest absolute Gasteiger partial charge is 0.0776 e. The highest BCUT2D eigenvalue weighted by Crippen LogP contribution is 2.05. The lowest BCUT2D eigenvalue weighted by Gasteiger charge is -1.97. The third-order valence-electron chi connectivity index (χ3n) is 1.62. The molecule has 1 aromatic rings. The van der Waals surface area contributed by atoms with Crippen LogP contribution in [0, 0.1) is 6.92 Å². The van der Waals surface area contributed by atoms with Gasteiger partial charge in [0.15, 0.2) is 0 Å². The van der Waals surface area contributed by atoms with Crippen molar-refractivity contribution in [3.63, 3.8) is 0 Å². The van der Waals surface area contributed by atoms with Crippen molar-refractivity contribution in [2.24, 2.45) is 0 Å². The van der Waals surface area contributed by atoms with E-state index in [9.17, 15) is 0 Å². The normalized spacial score (nSPS) is 8.00. The van der Waals surface area contributed by atoms with Gasteiger partial charge < -0.3 is 0 Å². The second kappa shape index (κ2) is 9.31. The highest BCUT2D eigenvalue weighted by molar-refractivity contribution is 5.21. The van der Waals surface area contributed by atoms with Gasteiger partial charge in [-0.25, -0.2) is 0 Å². The van der Waals surface area contributed by atoms with Crippen molar-refractivity contribution in [3.8, 4) is 0 Å². The second-order valence-electron chi connectivity index (χ2n) is 2.74. The Hall–Kier alpha value is -0.780. The minimum atomic E-state index is 0. The number of hydrogen-bond donors (Lipinski definition) is 0. The summed E-state index contributed by atoms with van der Waals surface area (Å²) in [5, 5.41) is 0. The SMILES string of the molecule is C.CC.CCCc1cccc(C)c1. The summed E-state index contributed by atoms with van der Waals surface area (Å²) in [5.74, 6) is 0. The predicted octanol–water partition coefficient (Wildman–Crippen LogP) is 4.61. The van der Waals surface area contributed by atoms with Crippen molar-refractivity contribution in [2.45, 2.75) is 48.0 Å². The Bertz CT molecular complexity index is 201. The van der Waals surface area contributed by atoms with E-state index < -0.39 is 0 Å². The highest BCUT2D eigenvalue weighted by atomic mass is 13.9. The van der Waals surface area contributed by atoms with Gasteiger partial charge >= 0.3 is 0 Å². The molecule has 0 aliphatic rings. The molecule has 0 radical (unpaired) electrons. The highest BCUT2D eigenvalue weighted by Gasteiger charge is 1.88. The molecule has 0 aliphatic carbocycles. The van der Waals surface area contributed by atoms with Crippen molar-refractivity contribution in [2.75, 3.05) is 0 Å². The first kappa shape index (κ1) is 14.7. The molecule has 0 saturated heterocycles. The van der Waals surface area contributed by atoms with E-state index in [0.717, 1.165) is 0 Å². The fraction of sp³-hybridized carbons (Fsp3) is 0.538. The van der Waals surface area contributed by atoms with Gasteiger partial charge in [-0.3, -0.25) is 0 Å². The van der Waals surface area contributed by atoms with Crippen LogP contribution in [0.5, 0.6) is 0 Å². The monoisotopic (exact) mass is 180 g/mol. The van der Waals surface area contributed by atoms with Crippen LogP contribution in [0.3, 0.4) is 0 Å². The maximum absolute atomic E-state index is 2.25. The average molecular weight is 180 g/mol. The molecule has 0 bridgehead atoms. The molecule has 0 aliphatic heterocycles. The van der Waals surface area contributed by atoms with Crippen LogP contribution in [0.15, 0.2) is 24.3 Å². The second-order valence-corrected chi connectivity index (χ2v) is 2.74. The average Bonchev–Trinajstić information content (AvgIpc) is 2.09. The third-order valence-corrected chi connectivity index (χ3v) is 1.62. The summed E-state index contributed by atoms with van der Waals surface area (Å²) < 4.78 is 0. The fourth-order valence-electron chi connectivity index (χ4n) is 1.16. The zero-order valence-electron chi connectivity index (χ0n) is 8.72. The molecule has 0 heterocycles. The minimum Gasteiger partial charge on any atom is -0.0776 e. The molecule has 0 nitrogen and oxygen atoms in total. The Morgan fingerprint density at radius 1 is 1.15 bits per heavy atom. The molecule has 0 fully saturated rings. The summed E-state index contributed by atoms with van der Waals surface area (Å²) in [6.07, 6.45) is 2.45. The predicted molar refractivity (Wildman–Crippen MR) is 63.3 cm³/mol. The van der Waals surface area contributed by atoms with E-state index >= 15 is 0 Å². The van der Waals surface area contributed by atoms with Crippen molar-refractivity contribution >= 4 is 0 Å². The van der Waals surface area contributed by atoms with Crippen LogP contribution in [0.1, 0.15) is 45.7 Å². The van der Waals surface area contributed by atoms with Gasteiger partial charge in [0.2, 0.25) is 0 Å². The molecule has 76 valence electrons. The summed E-state index contributed by atoms with van der Waals surface area (Å²) in [7, 11) is 0. The topological polar surface area (TPSA) is 0 Å². The van der Waals surface area contributed by atoms with E-state index in [1.807, 2.05) is 13.8 Å². The molecule has 0 saturated carbocycles. The van der Waals surface area contributed by atoms with Crippen LogP contribution in [-0.4, -0.2) is 0 Å². The Morgan fingerprint density at radius 2 is 1.77 bits per heavy atom. The Balaban J connectivity index is 0. The van der Waals surface area contributed by atoms with Crippen LogP contribution < -0.4 is 0 Å². The van der Waals surface area contributed by atoms with Gasteiger partial charge in [-0.15, -0.1) is 0 Å². The van der Waals surface area contributed by atoms with E-state index in [1.165, 1.54) is 24.0 Å². The van der Waals surface area contributed by atoms with Gasteiger partial charge in [-0.05, 0) is 18.9 Å². The lowest BCUT2D eigenvalue weighted by molar-refractivity contribution is 0.920. The lowest BCUT2D eigenvalue weighted by atomic mass is 10.1. The first-order valence-corrected chi connectivity index (χ1v) is 4.88. The van der Waals surface area contributed by atoms with Gasteiger partial charge in [0.05, 0.1) is 0 Å². The summed E-state index contributed by atoms with van der Waals surface area (Å²) in [6.45, 7) is 8.35. The van der Waals surface area contributed by atoms with Crippen molar-refractivity contribution in [1.82, 2.24) is 0 Å². The maximum Gasteiger partial charge on any atom is -0.0281 e. The summed E-state index contributed by atoms with van der Waals surface area (Å²) in [5.41, 5.74) is 2.83. The Labute approximate surface area is 84.0 Å². The molecule has 13 heavy (non-hydrogen) atoms. The van der Waals surface area contributed by atoms with Crippen LogP contribution in [0.25, 0.3) is 0 Å². The van der Waals surface area contributed by atoms with Crippen molar-refractivity contribution in [1.29, 1.82) is 0 Å². The smallest absolute Gasteiger partial charge is 0.0281 e. The molecule has 0 atom stereocenters. The van der Waals surface area contributed by atoms with Crippen LogP contribution in [-0.2, 0) is 6.42 Å². The van der Waals surface area contributed by atoms with Gasteiger partial charge in [0.25, 0.3) is 0 Å². The van der Waals surface area contributed by atoms with Gasteiger partial charge in [0.1, 0.15) is 0 Å². The van der Waals surface area contributed by atoms with Gasteiger partial charge in [0, 0.05) is 0 Å². The van der Waals surface area contributed by atoms with E-state index in [2.05, 4.69) is 38.1 Å². The molecular formula is C13H24. The van der Waals surface area contributed by atoms with Crippen molar-refractivity contribution < 1.29 is 0 Å². The van der Waals surface area contributed by atoms with Gasteiger partial charge in [-0.2, -0.15) is 0 Å². The molecule has 1 aromatic carbocycles. The van der Waals surface area contributed by atoms with Crippen LogP contribution in [0.2, 0.25) is 0 Å². The third kappa shape index (κ3) is 6.39. The molecular weight excluding hydrogens is 156 g/mol. The van der Waals surface area contributed by atoms with Gasteiger partial charge in [-0.1, -0.05) is 64.4 Å². The molecule has 0 N–H and O–H groups in total. The molecule has 0 spiro atoms. The number of aryl methyl sites for hydroxylation is 2. The zero-order valence-corrected chi connectivity index (χ0v) is 8.72. The lowest BCUT2D eigenvalue weighted by Crippen LogP contribution is -1.82. The quantitative estimate of drug-likeness (QED) is 0.623. The summed E-state index contributed by atoms with van der Waals surface area (Å²) in [6, 6.07) is 8.71. The van der Waals surface area contributed by atoms with E-state index in [-0.39, 0.29) is 7.43 Å². The molecule has 0 heteroatoms. The molecule has 0 aromatic heterocycles. The van der Waals surface area contributed by atoms with E-state index in [1.54, 1.807) is 0 Å². The Kier molecular flexibility index (Phi) is 10.5. The Morgan fingerprint density at radius 3 is 2.23 bits per heavy atom.